The summed E-state index contributed by atoms with van der Waals surface area (Å²) in [6.07, 6.45) is 0.698. The first-order chi connectivity index (χ1) is 16.4. The lowest BCUT2D eigenvalue weighted by molar-refractivity contribution is -0.124. The van der Waals surface area contributed by atoms with E-state index in [9.17, 15) is 18.8 Å². The van der Waals surface area contributed by atoms with E-state index in [1.54, 1.807) is 30.3 Å². The van der Waals surface area contributed by atoms with Gasteiger partial charge in [0.2, 0.25) is 5.91 Å². The van der Waals surface area contributed by atoms with Crippen molar-refractivity contribution in [1.82, 2.24) is 4.90 Å². The molecule has 0 spiro atoms. The Bertz CT molecular complexity index is 1210. The van der Waals surface area contributed by atoms with E-state index in [4.69, 9.17) is 0 Å². The molecule has 1 N–H and O–H groups in total. The maximum atomic E-state index is 13.4. The molecular formula is C27H26FN3O3. The van der Waals surface area contributed by atoms with E-state index in [-0.39, 0.29) is 24.7 Å². The van der Waals surface area contributed by atoms with Crippen LogP contribution in [0.25, 0.3) is 0 Å². The molecule has 0 aliphatic carbocycles. The van der Waals surface area contributed by atoms with Crippen LogP contribution in [0.1, 0.15) is 30.0 Å². The Kier molecular flexibility index (Phi) is 6.72. The molecule has 1 fully saturated rings. The van der Waals surface area contributed by atoms with Crippen molar-refractivity contribution in [2.75, 3.05) is 10.2 Å². The third kappa shape index (κ3) is 4.98. The van der Waals surface area contributed by atoms with Gasteiger partial charge in [0.1, 0.15) is 11.9 Å². The second-order valence-corrected chi connectivity index (χ2v) is 8.37. The van der Waals surface area contributed by atoms with Gasteiger partial charge in [-0.15, -0.1) is 0 Å². The molecule has 3 aromatic carbocycles. The van der Waals surface area contributed by atoms with Gasteiger partial charge in [-0.25, -0.2) is 14.1 Å². The SMILES string of the molecule is CCc1ccc(NC(=O)C[C@H]2C(=O)N(c3cccc(C)c3)C(=O)N2Cc2ccc(F)cc2)cc1. The van der Waals surface area contributed by atoms with Crippen LogP contribution in [-0.2, 0) is 22.6 Å². The minimum absolute atomic E-state index is 0.0797. The van der Waals surface area contributed by atoms with Crippen LogP contribution in [0.5, 0.6) is 0 Å². The first kappa shape index (κ1) is 23.2. The standard InChI is InChI=1S/C27H26FN3O3/c1-3-19-9-13-22(14-10-19)29-25(32)16-24-26(33)31(23-6-4-5-18(2)15-23)27(34)30(24)17-20-7-11-21(28)12-8-20/h4-15,24H,3,16-17H2,1-2H3,(H,29,32)/t24-/m0/s1. The van der Waals surface area contributed by atoms with Crippen LogP contribution in [0.15, 0.2) is 72.8 Å². The normalized spacial score (nSPS) is 15.7. The van der Waals surface area contributed by atoms with Crippen molar-refractivity contribution in [3.8, 4) is 0 Å². The van der Waals surface area contributed by atoms with E-state index in [1.165, 1.54) is 17.0 Å². The minimum Gasteiger partial charge on any atom is -0.326 e. The van der Waals surface area contributed by atoms with E-state index in [0.29, 0.717) is 16.9 Å². The van der Waals surface area contributed by atoms with Crippen LogP contribution in [-0.4, -0.2) is 28.8 Å². The number of halogens is 1. The summed E-state index contributed by atoms with van der Waals surface area (Å²) < 4.78 is 13.4. The molecule has 34 heavy (non-hydrogen) atoms. The molecule has 0 aromatic heterocycles. The third-order valence-corrected chi connectivity index (χ3v) is 5.87. The first-order valence-electron chi connectivity index (χ1n) is 11.2. The number of anilines is 2. The fourth-order valence-electron chi connectivity index (χ4n) is 4.02. The van der Waals surface area contributed by atoms with Gasteiger partial charge in [-0.2, -0.15) is 0 Å². The Labute approximate surface area is 198 Å². The topological polar surface area (TPSA) is 69.7 Å². The molecule has 6 nitrogen and oxygen atoms in total. The van der Waals surface area contributed by atoms with Gasteiger partial charge in [0.15, 0.2) is 0 Å². The highest BCUT2D eigenvalue weighted by Gasteiger charge is 2.46. The molecule has 1 saturated heterocycles. The van der Waals surface area contributed by atoms with Crippen LogP contribution in [0.2, 0.25) is 0 Å². The van der Waals surface area contributed by atoms with Gasteiger partial charge in [0.25, 0.3) is 5.91 Å². The highest BCUT2D eigenvalue weighted by Crippen LogP contribution is 2.29. The van der Waals surface area contributed by atoms with Gasteiger partial charge in [0, 0.05) is 12.2 Å². The van der Waals surface area contributed by atoms with Crippen LogP contribution < -0.4 is 10.2 Å². The van der Waals surface area contributed by atoms with Gasteiger partial charge >= 0.3 is 6.03 Å². The number of carbonyl (C=O) groups is 3. The lowest BCUT2D eigenvalue weighted by Crippen LogP contribution is -2.37. The van der Waals surface area contributed by atoms with Crippen LogP contribution in [0.3, 0.4) is 0 Å². The summed E-state index contributed by atoms with van der Waals surface area (Å²) in [5.41, 5.74) is 3.79. The molecular weight excluding hydrogens is 433 g/mol. The number of imide groups is 1. The number of hydrogen-bond donors (Lipinski definition) is 1. The van der Waals surface area contributed by atoms with E-state index < -0.39 is 18.0 Å². The lowest BCUT2D eigenvalue weighted by Gasteiger charge is -2.21. The summed E-state index contributed by atoms with van der Waals surface area (Å²) in [7, 11) is 0. The first-order valence-corrected chi connectivity index (χ1v) is 11.2. The number of nitrogens with one attached hydrogen (secondary N) is 1. The molecule has 1 atom stereocenters. The van der Waals surface area contributed by atoms with Gasteiger partial charge in [0.05, 0.1) is 12.1 Å². The summed E-state index contributed by atoms with van der Waals surface area (Å²) in [6.45, 7) is 4.00. The monoisotopic (exact) mass is 459 g/mol. The third-order valence-electron chi connectivity index (χ3n) is 5.87. The van der Waals surface area contributed by atoms with Gasteiger partial charge < -0.3 is 10.2 Å². The molecule has 1 aliphatic heterocycles. The van der Waals surface area contributed by atoms with E-state index >= 15 is 0 Å². The van der Waals surface area contributed by atoms with Crippen molar-refractivity contribution in [3.63, 3.8) is 0 Å². The Morgan fingerprint density at radius 1 is 0.971 bits per heavy atom. The minimum atomic E-state index is -0.979. The number of nitrogens with zero attached hydrogens (tertiary/aromatic N) is 2. The molecule has 0 saturated carbocycles. The molecule has 4 rings (SSSR count). The predicted molar refractivity (Wildman–Crippen MR) is 129 cm³/mol. The number of benzene rings is 3. The fraction of sp³-hybridized carbons (Fsp3) is 0.222. The van der Waals surface area contributed by atoms with E-state index in [0.717, 1.165) is 22.4 Å². The van der Waals surface area contributed by atoms with Crippen molar-refractivity contribution in [1.29, 1.82) is 0 Å². The van der Waals surface area contributed by atoms with Crippen molar-refractivity contribution in [2.45, 2.75) is 39.3 Å². The summed E-state index contributed by atoms with van der Waals surface area (Å²) in [5, 5.41) is 2.81. The maximum absolute atomic E-state index is 13.4. The Morgan fingerprint density at radius 2 is 1.65 bits per heavy atom. The van der Waals surface area contributed by atoms with Gasteiger partial charge in [-0.05, 0) is 66.4 Å². The summed E-state index contributed by atoms with van der Waals surface area (Å²) >= 11 is 0. The van der Waals surface area contributed by atoms with Crippen LogP contribution >= 0.6 is 0 Å². The zero-order valence-corrected chi connectivity index (χ0v) is 19.1. The molecule has 1 heterocycles. The highest BCUT2D eigenvalue weighted by atomic mass is 19.1. The van der Waals surface area contributed by atoms with Crippen molar-refractivity contribution in [3.05, 3.63) is 95.3 Å². The van der Waals surface area contributed by atoms with Gasteiger partial charge in [-0.1, -0.05) is 43.3 Å². The number of aryl methyl sites for hydroxylation is 2. The van der Waals surface area contributed by atoms with E-state index in [2.05, 4.69) is 5.32 Å². The molecule has 4 amide bonds. The average molecular weight is 460 g/mol. The molecule has 0 unspecified atom stereocenters. The quantitative estimate of drug-likeness (QED) is 0.502. The lowest BCUT2D eigenvalue weighted by atomic mass is 10.1. The number of carbonyl (C=O) groups excluding carboxylic acids is 3. The second kappa shape index (κ2) is 9.87. The predicted octanol–water partition coefficient (Wildman–Crippen LogP) is 5.06. The van der Waals surface area contributed by atoms with Gasteiger partial charge in [-0.3, -0.25) is 9.59 Å². The van der Waals surface area contributed by atoms with Crippen LogP contribution in [0, 0.1) is 12.7 Å². The number of amides is 4. The van der Waals surface area contributed by atoms with Crippen LogP contribution in [0.4, 0.5) is 20.6 Å². The Morgan fingerprint density at radius 3 is 2.29 bits per heavy atom. The van der Waals surface area contributed by atoms with Crippen molar-refractivity contribution >= 4 is 29.2 Å². The number of rotatable bonds is 7. The zero-order valence-electron chi connectivity index (χ0n) is 19.1. The van der Waals surface area contributed by atoms with Crippen molar-refractivity contribution < 1.29 is 18.8 Å². The summed E-state index contributed by atoms with van der Waals surface area (Å²) in [4.78, 5) is 42.1. The molecule has 1 aliphatic rings. The Hall–Kier alpha value is -4.00. The highest BCUT2D eigenvalue weighted by molar-refractivity contribution is 6.22. The molecule has 3 aromatic rings. The fourth-order valence-corrected chi connectivity index (χ4v) is 4.02. The number of hydrogen-bond acceptors (Lipinski definition) is 3. The summed E-state index contributed by atoms with van der Waals surface area (Å²) in [5.74, 6) is -1.22. The molecule has 0 bridgehead atoms. The zero-order chi connectivity index (χ0) is 24.2. The maximum Gasteiger partial charge on any atom is 0.332 e. The number of urea groups is 1. The van der Waals surface area contributed by atoms with E-state index in [1.807, 2.05) is 44.2 Å². The Balaban J connectivity index is 1.59. The molecule has 174 valence electrons. The molecule has 0 radical (unpaired) electrons. The largest absolute Gasteiger partial charge is 0.332 e. The summed E-state index contributed by atoms with van der Waals surface area (Å²) in [6, 6.07) is 18.8. The van der Waals surface area contributed by atoms with Crippen molar-refractivity contribution in [2.24, 2.45) is 0 Å². The average Bonchev–Trinajstić information content (AvgIpc) is 3.04. The molecule has 7 heteroatoms. The smallest absolute Gasteiger partial charge is 0.326 e. The second-order valence-electron chi connectivity index (χ2n) is 8.37.